The van der Waals surface area contributed by atoms with E-state index in [1.165, 1.54) is 6.07 Å². The predicted molar refractivity (Wildman–Crippen MR) is 73.2 cm³/mol. The minimum atomic E-state index is -1.03. The maximum Gasteiger partial charge on any atom is 0.184 e. The van der Waals surface area contributed by atoms with Gasteiger partial charge in [-0.2, -0.15) is 0 Å². The van der Waals surface area contributed by atoms with Crippen LogP contribution in [-0.2, 0) is 0 Å². The number of hydrogen-bond donors (Lipinski definition) is 2. The molecule has 2 nitrogen and oxygen atoms in total. The lowest BCUT2D eigenvalue weighted by Gasteiger charge is -2.12. The van der Waals surface area contributed by atoms with Crippen LogP contribution >= 0.6 is 27.5 Å². The van der Waals surface area contributed by atoms with Crippen LogP contribution < -0.4 is 11.1 Å². The third-order valence-corrected chi connectivity index (χ3v) is 3.24. The first-order chi connectivity index (χ1) is 8.49. The summed E-state index contributed by atoms with van der Waals surface area (Å²) < 4.78 is 27.4. The Morgan fingerprint density at radius 2 is 1.89 bits per heavy atom. The van der Waals surface area contributed by atoms with E-state index < -0.39 is 11.6 Å². The Balaban J connectivity index is 2.46. The van der Waals surface area contributed by atoms with E-state index in [9.17, 15) is 8.78 Å². The van der Waals surface area contributed by atoms with Crippen LogP contribution in [0.1, 0.15) is 0 Å². The first-order valence-corrected chi connectivity index (χ1v) is 6.11. The maximum atomic E-state index is 13.6. The van der Waals surface area contributed by atoms with Crippen molar-refractivity contribution < 1.29 is 8.78 Å². The van der Waals surface area contributed by atoms with Gasteiger partial charge in [0.05, 0.1) is 11.4 Å². The van der Waals surface area contributed by atoms with Gasteiger partial charge in [-0.3, -0.25) is 0 Å². The number of halogens is 4. The van der Waals surface area contributed by atoms with Gasteiger partial charge in [0.2, 0.25) is 0 Å². The highest BCUT2D eigenvalue weighted by molar-refractivity contribution is 9.10. The molecule has 0 aliphatic rings. The van der Waals surface area contributed by atoms with E-state index in [0.717, 1.165) is 6.07 Å². The highest BCUT2D eigenvalue weighted by Crippen LogP contribution is 2.33. The molecule has 3 N–H and O–H groups in total. The van der Waals surface area contributed by atoms with Crippen molar-refractivity contribution in [3.8, 4) is 0 Å². The van der Waals surface area contributed by atoms with Gasteiger partial charge in [0.1, 0.15) is 5.69 Å². The number of anilines is 3. The molecule has 0 heterocycles. The summed E-state index contributed by atoms with van der Waals surface area (Å²) in [5.74, 6) is -1.99. The van der Waals surface area contributed by atoms with Gasteiger partial charge in [-0.1, -0.05) is 11.6 Å². The predicted octanol–water partition coefficient (Wildman–Crippen LogP) is 4.71. The second-order valence-corrected chi connectivity index (χ2v) is 4.87. The topological polar surface area (TPSA) is 38.0 Å². The van der Waals surface area contributed by atoms with Gasteiger partial charge in [-0.15, -0.1) is 0 Å². The van der Waals surface area contributed by atoms with Gasteiger partial charge in [0.15, 0.2) is 11.6 Å². The largest absolute Gasteiger partial charge is 0.397 e. The van der Waals surface area contributed by atoms with Crippen molar-refractivity contribution in [3.05, 3.63) is 51.5 Å². The molecular weight excluding hydrogens is 325 g/mol. The Kier molecular flexibility index (Phi) is 3.73. The zero-order valence-corrected chi connectivity index (χ0v) is 11.3. The molecule has 2 rings (SSSR count). The Hall–Kier alpha value is -1.33. The quantitative estimate of drug-likeness (QED) is 0.781. The van der Waals surface area contributed by atoms with Crippen LogP contribution in [0.3, 0.4) is 0 Å². The van der Waals surface area contributed by atoms with Gasteiger partial charge in [0, 0.05) is 9.50 Å². The fourth-order valence-electron chi connectivity index (χ4n) is 1.42. The normalized spacial score (nSPS) is 10.4. The Bertz CT molecular complexity index is 605. The van der Waals surface area contributed by atoms with E-state index in [0.29, 0.717) is 15.2 Å². The molecule has 0 fully saturated rings. The van der Waals surface area contributed by atoms with Crippen LogP contribution in [0.2, 0.25) is 5.02 Å². The van der Waals surface area contributed by atoms with Gasteiger partial charge >= 0.3 is 0 Å². The van der Waals surface area contributed by atoms with Gasteiger partial charge in [0.25, 0.3) is 0 Å². The molecule has 0 bridgehead atoms. The van der Waals surface area contributed by atoms with Crippen LogP contribution in [0.5, 0.6) is 0 Å². The number of rotatable bonds is 2. The molecule has 0 spiro atoms. The van der Waals surface area contributed by atoms with E-state index >= 15 is 0 Å². The average Bonchev–Trinajstić information content (AvgIpc) is 2.34. The SMILES string of the molecule is Nc1ccc(F)c(F)c1Nc1cc(Cl)ccc1Br. The van der Waals surface area contributed by atoms with Crippen molar-refractivity contribution in [1.82, 2.24) is 0 Å². The molecule has 0 aromatic heterocycles. The summed E-state index contributed by atoms with van der Waals surface area (Å²) >= 11 is 9.11. The first-order valence-electron chi connectivity index (χ1n) is 4.94. The molecule has 0 radical (unpaired) electrons. The molecular formula is C12H8BrClF2N2. The standard InChI is InChI=1S/C12H8BrClF2N2/c13-7-2-1-6(14)5-10(7)18-12-9(17)4-3-8(15)11(12)16/h1-5,18H,17H2. The molecule has 0 aliphatic heterocycles. The molecule has 2 aromatic carbocycles. The third kappa shape index (κ3) is 2.57. The zero-order valence-electron chi connectivity index (χ0n) is 8.98. The molecule has 94 valence electrons. The Morgan fingerprint density at radius 3 is 2.61 bits per heavy atom. The molecule has 0 unspecified atom stereocenters. The van der Waals surface area contributed by atoms with Gasteiger partial charge < -0.3 is 11.1 Å². The molecule has 2 aromatic rings. The van der Waals surface area contributed by atoms with Gasteiger partial charge in [-0.25, -0.2) is 8.78 Å². The average molecular weight is 334 g/mol. The summed E-state index contributed by atoms with van der Waals surface area (Å²) in [5.41, 5.74) is 6.11. The number of benzene rings is 2. The lowest BCUT2D eigenvalue weighted by Crippen LogP contribution is -2.02. The minimum absolute atomic E-state index is 0.112. The summed E-state index contributed by atoms with van der Waals surface area (Å²) in [6.07, 6.45) is 0. The van der Waals surface area contributed by atoms with E-state index in [1.807, 2.05) is 0 Å². The first kappa shape index (κ1) is 13.1. The molecule has 0 saturated carbocycles. The zero-order chi connectivity index (χ0) is 13.3. The Morgan fingerprint density at radius 1 is 1.17 bits per heavy atom. The summed E-state index contributed by atoms with van der Waals surface area (Å²) in [7, 11) is 0. The van der Waals surface area contributed by atoms with Crippen LogP contribution in [0.15, 0.2) is 34.8 Å². The third-order valence-electron chi connectivity index (χ3n) is 2.32. The Labute approximate surface area is 116 Å². The molecule has 0 amide bonds. The molecule has 0 saturated heterocycles. The fourth-order valence-corrected chi connectivity index (χ4v) is 1.94. The molecule has 0 aliphatic carbocycles. The minimum Gasteiger partial charge on any atom is -0.397 e. The van der Waals surface area contributed by atoms with E-state index in [4.69, 9.17) is 17.3 Å². The van der Waals surface area contributed by atoms with Gasteiger partial charge in [-0.05, 0) is 46.3 Å². The fraction of sp³-hybridized carbons (Fsp3) is 0. The van der Waals surface area contributed by atoms with Crippen molar-refractivity contribution in [2.45, 2.75) is 0 Å². The monoisotopic (exact) mass is 332 g/mol. The van der Waals surface area contributed by atoms with Crippen LogP contribution in [-0.4, -0.2) is 0 Å². The number of nitrogens with two attached hydrogens (primary N) is 1. The lowest BCUT2D eigenvalue weighted by atomic mass is 10.2. The van der Waals surface area contributed by atoms with Crippen molar-refractivity contribution in [2.75, 3.05) is 11.1 Å². The van der Waals surface area contributed by atoms with E-state index in [-0.39, 0.29) is 11.4 Å². The van der Waals surface area contributed by atoms with Crippen molar-refractivity contribution in [3.63, 3.8) is 0 Å². The van der Waals surface area contributed by atoms with Crippen molar-refractivity contribution >= 4 is 44.6 Å². The number of nitrogens with one attached hydrogen (secondary N) is 1. The second-order valence-electron chi connectivity index (χ2n) is 3.57. The molecule has 6 heteroatoms. The van der Waals surface area contributed by atoms with Crippen molar-refractivity contribution in [2.24, 2.45) is 0 Å². The maximum absolute atomic E-state index is 13.6. The van der Waals surface area contributed by atoms with E-state index in [2.05, 4.69) is 21.2 Å². The molecule has 0 atom stereocenters. The second kappa shape index (κ2) is 5.12. The highest BCUT2D eigenvalue weighted by atomic mass is 79.9. The van der Waals surface area contributed by atoms with Crippen molar-refractivity contribution in [1.29, 1.82) is 0 Å². The summed E-state index contributed by atoms with van der Waals surface area (Å²) in [6, 6.07) is 7.21. The number of hydrogen-bond acceptors (Lipinski definition) is 2. The lowest BCUT2D eigenvalue weighted by molar-refractivity contribution is 0.512. The highest BCUT2D eigenvalue weighted by Gasteiger charge is 2.13. The summed E-state index contributed by atoms with van der Waals surface area (Å²) in [4.78, 5) is 0. The summed E-state index contributed by atoms with van der Waals surface area (Å²) in [5, 5.41) is 3.19. The smallest absolute Gasteiger partial charge is 0.184 e. The molecule has 18 heavy (non-hydrogen) atoms. The summed E-state index contributed by atoms with van der Waals surface area (Å²) in [6.45, 7) is 0. The van der Waals surface area contributed by atoms with E-state index in [1.54, 1.807) is 18.2 Å². The number of nitrogen functional groups attached to an aromatic ring is 1. The van der Waals surface area contributed by atoms with Crippen LogP contribution in [0.4, 0.5) is 25.8 Å². The van der Waals surface area contributed by atoms with Crippen LogP contribution in [0.25, 0.3) is 0 Å². The van der Waals surface area contributed by atoms with Crippen LogP contribution in [0, 0.1) is 11.6 Å².